The van der Waals surface area contributed by atoms with Crippen LogP contribution in [-0.4, -0.2) is 5.11 Å². The van der Waals surface area contributed by atoms with Crippen LogP contribution in [0.15, 0.2) is 21.4 Å². The van der Waals surface area contributed by atoms with Crippen LogP contribution in [0.25, 0.3) is 0 Å². The fourth-order valence-electron chi connectivity index (χ4n) is 0.938. The first-order chi connectivity index (χ1) is 5.24. The van der Waals surface area contributed by atoms with Crippen molar-refractivity contribution in [3.8, 4) is 0 Å². The van der Waals surface area contributed by atoms with Crippen LogP contribution < -0.4 is 0 Å². The highest BCUT2D eigenvalue weighted by Crippen LogP contribution is 2.23. The fraction of sp³-hybridized carbons (Fsp3) is 0.500. The highest BCUT2D eigenvalue weighted by atomic mass is 79.9. The van der Waals surface area contributed by atoms with Gasteiger partial charge in [0.25, 0.3) is 0 Å². The van der Waals surface area contributed by atoms with Gasteiger partial charge in [0.15, 0.2) is 4.67 Å². The minimum atomic E-state index is -0.380. The van der Waals surface area contributed by atoms with Gasteiger partial charge in [-0.3, -0.25) is 0 Å². The largest absolute Gasteiger partial charge is 0.457 e. The first-order valence-electron chi connectivity index (χ1n) is 3.66. The molecule has 1 heterocycles. The molecule has 0 bridgehead atoms. The molecule has 1 N–H and O–H groups in total. The number of hydrogen-bond donors (Lipinski definition) is 1. The molecule has 0 aliphatic carbocycles. The third-order valence-electron chi connectivity index (χ3n) is 1.53. The maximum absolute atomic E-state index is 9.45. The van der Waals surface area contributed by atoms with Crippen molar-refractivity contribution in [1.29, 1.82) is 0 Å². The maximum Gasteiger partial charge on any atom is 0.169 e. The lowest BCUT2D eigenvalue weighted by atomic mass is 10.1. The summed E-state index contributed by atoms with van der Waals surface area (Å²) in [4.78, 5) is 0. The summed E-state index contributed by atoms with van der Waals surface area (Å²) in [6.45, 7) is 2.04. The molecule has 11 heavy (non-hydrogen) atoms. The van der Waals surface area contributed by atoms with E-state index in [1.54, 1.807) is 12.3 Å². The van der Waals surface area contributed by atoms with Crippen molar-refractivity contribution in [2.24, 2.45) is 0 Å². The van der Waals surface area contributed by atoms with Crippen LogP contribution in [0.1, 0.15) is 31.4 Å². The van der Waals surface area contributed by atoms with Gasteiger partial charge in [-0.2, -0.15) is 0 Å². The van der Waals surface area contributed by atoms with E-state index in [0.717, 1.165) is 18.4 Å². The van der Waals surface area contributed by atoms with Crippen LogP contribution in [0.2, 0.25) is 0 Å². The first-order valence-corrected chi connectivity index (χ1v) is 4.45. The molecule has 0 aliphatic heterocycles. The summed E-state index contributed by atoms with van der Waals surface area (Å²) in [5.41, 5.74) is 0.846. The molecule has 62 valence electrons. The Morgan fingerprint density at radius 1 is 1.73 bits per heavy atom. The summed E-state index contributed by atoms with van der Waals surface area (Å²) < 4.78 is 5.66. The second-order valence-electron chi connectivity index (χ2n) is 2.49. The molecule has 0 amide bonds. The zero-order chi connectivity index (χ0) is 8.27. The van der Waals surface area contributed by atoms with Gasteiger partial charge in [0, 0.05) is 5.56 Å². The molecule has 1 aromatic rings. The first kappa shape index (κ1) is 8.81. The van der Waals surface area contributed by atoms with Crippen molar-refractivity contribution in [3.05, 3.63) is 22.6 Å². The SMILES string of the molecule is CCCC(O)c1coc(Br)c1. The topological polar surface area (TPSA) is 33.4 Å². The molecule has 0 aliphatic rings. The lowest BCUT2D eigenvalue weighted by Gasteiger charge is -2.03. The molecule has 1 aromatic heterocycles. The third kappa shape index (κ3) is 2.34. The Balaban J connectivity index is 2.60. The zero-order valence-corrected chi connectivity index (χ0v) is 7.97. The normalized spacial score (nSPS) is 13.4. The number of aliphatic hydroxyl groups excluding tert-OH is 1. The number of furan rings is 1. The molecule has 0 saturated carbocycles. The van der Waals surface area contributed by atoms with E-state index in [4.69, 9.17) is 4.42 Å². The van der Waals surface area contributed by atoms with E-state index in [9.17, 15) is 5.11 Å². The molecule has 1 unspecified atom stereocenters. The summed E-state index contributed by atoms with van der Waals surface area (Å²) >= 11 is 3.17. The van der Waals surface area contributed by atoms with E-state index < -0.39 is 0 Å². The fourth-order valence-corrected chi connectivity index (χ4v) is 1.30. The summed E-state index contributed by atoms with van der Waals surface area (Å²) in [5, 5.41) is 9.45. The van der Waals surface area contributed by atoms with E-state index in [2.05, 4.69) is 15.9 Å². The van der Waals surface area contributed by atoms with Gasteiger partial charge >= 0.3 is 0 Å². The molecule has 1 rings (SSSR count). The molecule has 1 atom stereocenters. The molecule has 0 fully saturated rings. The second-order valence-corrected chi connectivity index (χ2v) is 3.27. The van der Waals surface area contributed by atoms with E-state index in [1.165, 1.54) is 0 Å². The van der Waals surface area contributed by atoms with Crippen LogP contribution in [0.4, 0.5) is 0 Å². The molecule has 0 radical (unpaired) electrons. The monoisotopic (exact) mass is 218 g/mol. The Labute approximate surface area is 74.3 Å². The number of halogens is 1. The predicted octanol–water partition coefficient (Wildman–Crippen LogP) is 2.88. The van der Waals surface area contributed by atoms with Gasteiger partial charge in [-0.15, -0.1) is 0 Å². The van der Waals surface area contributed by atoms with E-state index in [1.807, 2.05) is 6.92 Å². The van der Waals surface area contributed by atoms with Gasteiger partial charge in [-0.25, -0.2) is 0 Å². The van der Waals surface area contributed by atoms with Gasteiger partial charge < -0.3 is 9.52 Å². The molecule has 0 aromatic carbocycles. The summed E-state index contributed by atoms with van der Waals surface area (Å²) in [5.74, 6) is 0. The van der Waals surface area contributed by atoms with Gasteiger partial charge in [0.1, 0.15) is 0 Å². The Morgan fingerprint density at radius 3 is 2.91 bits per heavy atom. The van der Waals surface area contributed by atoms with E-state index in [-0.39, 0.29) is 6.10 Å². The van der Waals surface area contributed by atoms with Crippen molar-refractivity contribution >= 4 is 15.9 Å². The minimum Gasteiger partial charge on any atom is -0.457 e. The van der Waals surface area contributed by atoms with Crippen LogP contribution in [0, 0.1) is 0 Å². The van der Waals surface area contributed by atoms with E-state index >= 15 is 0 Å². The average Bonchev–Trinajstić information content (AvgIpc) is 2.36. The van der Waals surface area contributed by atoms with Crippen molar-refractivity contribution < 1.29 is 9.52 Å². The summed E-state index contributed by atoms with van der Waals surface area (Å²) in [7, 11) is 0. The number of rotatable bonds is 3. The molecule has 2 nitrogen and oxygen atoms in total. The minimum absolute atomic E-state index is 0.380. The standard InChI is InChI=1S/C8H11BrO2/c1-2-3-7(10)6-4-8(9)11-5-6/h4-5,7,10H,2-3H2,1H3. The van der Waals surface area contributed by atoms with Gasteiger partial charge in [-0.05, 0) is 28.4 Å². The highest BCUT2D eigenvalue weighted by molar-refractivity contribution is 9.10. The van der Waals surface area contributed by atoms with Crippen molar-refractivity contribution in [1.82, 2.24) is 0 Å². The number of hydrogen-bond acceptors (Lipinski definition) is 2. The lowest BCUT2D eigenvalue weighted by molar-refractivity contribution is 0.165. The smallest absolute Gasteiger partial charge is 0.169 e. The molecule has 0 spiro atoms. The van der Waals surface area contributed by atoms with Crippen molar-refractivity contribution in [3.63, 3.8) is 0 Å². The Morgan fingerprint density at radius 2 is 2.45 bits per heavy atom. The van der Waals surface area contributed by atoms with Crippen molar-refractivity contribution in [2.45, 2.75) is 25.9 Å². The van der Waals surface area contributed by atoms with Crippen LogP contribution in [0.5, 0.6) is 0 Å². The van der Waals surface area contributed by atoms with Crippen molar-refractivity contribution in [2.75, 3.05) is 0 Å². The van der Waals surface area contributed by atoms with Gasteiger partial charge in [-0.1, -0.05) is 13.3 Å². The average molecular weight is 219 g/mol. The molecular weight excluding hydrogens is 208 g/mol. The second kappa shape index (κ2) is 3.93. The highest BCUT2D eigenvalue weighted by Gasteiger charge is 2.08. The van der Waals surface area contributed by atoms with Crippen LogP contribution >= 0.6 is 15.9 Å². The summed E-state index contributed by atoms with van der Waals surface area (Å²) in [6.07, 6.45) is 2.95. The molecule has 0 saturated heterocycles. The molecular formula is C8H11BrO2. The Kier molecular flexibility index (Phi) is 3.15. The van der Waals surface area contributed by atoms with Gasteiger partial charge in [0.05, 0.1) is 12.4 Å². The predicted molar refractivity (Wildman–Crippen MR) is 46.3 cm³/mol. The Hall–Kier alpha value is -0.280. The van der Waals surface area contributed by atoms with Crippen LogP contribution in [-0.2, 0) is 0 Å². The number of aliphatic hydroxyl groups is 1. The summed E-state index contributed by atoms with van der Waals surface area (Å²) in [6, 6.07) is 1.79. The quantitative estimate of drug-likeness (QED) is 0.847. The van der Waals surface area contributed by atoms with Gasteiger partial charge in [0.2, 0.25) is 0 Å². The van der Waals surface area contributed by atoms with E-state index in [0.29, 0.717) is 4.67 Å². The third-order valence-corrected chi connectivity index (χ3v) is 1.95. The maximum atomic E-state index is 9.45. The van der Waals surface area contributed by atoms with Crippen LogP contribution in [0.3, 0.4) is 0 Å². The Bertz CT molecular complexity index is 220. The lowest BCUT2D eigenvalue weighted by Crippen LogP contribution is -1.93. The molecule has 3 heteroatoms. The zero-order valence-electron chi connectivity index (χ0n) is 6.38.